The smallest absolute Gasteiger partial charge is 0.262 e. The summed E-state index contributed by atoms with van der Waals surface area (Å²) >= 11 is 7.37. The summed E-state index contributed by atoms with van der Waals surface area (Å²) in [4.78, 5) is 30.4. The molecule has 1 atom stereocenters. The largest absolute Gasteiger partial charge is 0.382 e. The second-order valence-corrected chi connectivity index (χ2v) is 8.77. The molecule has 0 saturated heterocycles. The maximum Gasteiger partial charge on any atom is 0.262 e. The number of carbonyl (C=O) groups is 1. The van der Waals surface area contributed by atoms with Crippen molar-refractivity contribution in [3.63, 3.8) is 0 Å². The number of thioether (sulfide) groups is 1. The van der Waals surface area contributed by atoms with Gasteiger partial charge in [0.2, 0.25) is 5.91 Å². The van der Waals surface area contributed by atoms with Crippen LogP contribution in [-0.4, -0.2) is 33.9 Å². The zero-order valence-corrected chi connectivity index (χ0v) is 19.2. The molecule has 0 aliphatic carbocycles. The van der Waals surface area contributed by atoms with Crippen molar-refractivity contribution in [3.8, 4) is 0 Å². The standard InChI is InChI=1S/C23H26ClN3O3S/c1-3-30-13-7-12-27-22(29)19-11-10-18(24)14-20(19)26-23(27)31-16(2)21(28)25-15-17-8-5-4-6-9-17/h4-6,8-11,14,16H,3,7,12-13,15H2,1-2H3,(H,25,28). The molecule has 0 spiro atoms. The first-order valence-corrected chi connectivity index (χ1v) is 11.5. The summed E-state index contributed by atoms with van der Waals surface area (Å²) in [6.07, 6.45) is 0.677. The van der Waals surface area contributed by atoms with Crippen molar-refractivity contribution in [3.05, 3.63) is 69.5 Å². The van der Waals surface area contributed by atoms with Gasteiger partial charge in [0.05, 0.1) is 16.2 Å². The van der Waals surface area contributed by atoms with Gasteiger partial charge in [0, 0.05) is 31.3 Å². The Morgan fingerprint density at radius 3 is 2.77 bits per heavy atom. The Morgan fingerprint density at radius 2 is 2.03 bits per heavy atom. The van der Waals surface area contributed by atoms with Gasteiger partial charge in [-0.15, -0.1) is 0 Å². The molecule has 0 saturated carbocycles. The van der Waals surface area contributed by atoms with E-state index < -0.39 is 5.25 Å². The molecule has 31 heavy (non-hydrogen) atoms. The zero-order valence-electron chi connectivity index (χ0n) is 17.6. The normalized spacial score (nSPS) is 12.1. The predicted molar refractivity (Wildman–Crippen MR) is 126 cm³/mol. The van der Waals surface area contributed by atoms with Gasteiger partial charge in [-0.3, -0.25) is 14.2 Å². The van der Waals surface area contributed by atoms with E-state index >= 15 is 0 Å². The van der Waals surface area contributed by atoms with Gasteiger partial charge in [-0.2, -0.15) is 0 Å². The van der Waals surface area contributed by atoms with Crippen LogP contribution in [0.2, 0.25) is 5.02 Å². The summed E-state index contributed by atoms with van der Waals surface area (Å²) in [6.45, 7) is 5.84. The van der Waals surface area contributed by atoms with Gasteiger partial charge in [-0.25, -0.2) is 4.98 Å². The van der Waals surface area contributed by atoms with Crippen LogP contribution in [0.4, 0.5) is 0 Å². The quantitative estimate of drug-likeness (QED) is 0.278. The molecule has 0 fully saturated rings. The second-order valence-electron chi connectivity index (χ2n) is 7.03. The summed E-state index contributed by atoms with van der Waals surface area (Å²) in [6, 6.07) is 14.8. The zero-order chi connectivity index (χ0) is 22.2. The molecule has 1 heterocycles. The van der Waals surface area contributed by atoms with Crippen LogP contribution >= 0.6 is 23.4 Å². The number of nitrogens with zero attached hydrogens (tertiary/aromatic N) is 2. The third-order valence-electron chi connectivity index (χ3n) is 4.72. The molecule has 0 bridgehead atoms. The summed E-state index contributed by atoms with van der Waals surface area (Å²) in [5.41, 5.74) is 1.41. The Labute approximate surface area is 191 Å². The molecule has 2 aromatic carbocycles. The first kappa shape index (κ1) is 23.3. The Kier molecular flexibility index (Phi) is 8.51. The van der Waals surface area contributed by atoms with Gasteiger partial charge < -0.3 is 10.1 Å². The van der Waals surface area contributed by atoms with E-state index in [-0.39, 0.29) is 11.5 Å². The lowest BCUT2D eigenvalue weighted by molar-refractivity contribution is -0.120. The van der Waals surface area contributed by atoms with E-state index in [2.05, 4.69) is 10.3 Å². The van der Waals surface area contributed by atoms with Crippen LogP contribution in [-0.2, 0) is 22.6 Å². The topological polar surface area (TPSA) is 73.2 Å². The van der Waals surface area contributed by atoms with Crippen LogP contribution in [0.25, 0.3) is 10.9 Å². The molecule has 3 rings (SSSR count). The third kappa shape index (κ3) is 6.32. The molecule has 3 aromatic rings. The van der Waals surface area contributed by atoms with Crippen molar-refractivity contribution in [1.29, 1.82) is 0 Å². The summed E-state index contributed by atoms with van der Waals surface area (Å²) < 4.78 is 7.03. The van der Waals surface area contributed by atoms with Crippen LogP contribution in [0, 0.1) is 0 Å². The first-order chi connectivity index (χ1) is 15.0. The highest BCUT2D eigenvalue weighted by Crippen LogP contribution is 2.24. The fraction of sp³-hybridized carbons (Fsp3) is 0.348. The van der Waals surface area contributed by atoms with Crippen molar-refractivity contribution in [2.24, 2.45) is 0 Å². The van der Waals surface area contributed by atoms with Crippen LogP contribution in [0.5, 0.6) is 0 Å². The average molecular weight is 460 g/mol. The van der Waals surface area contributed by atoms with Crippen molar-refractivity contribution in [2.75, 3.05) is 13.2 Å². The summed E-state index contributed by atoms with van der Waals surface area (Å²) in [5, 5.41) is 4.03. The lowest BCUT2D eigenvalue weighted by Gasteiger charge is -2.16. The van der Waals surface area contributed by atoms with Gasteiger partial charge >= 0.3 is 0 Å². The van der Waals surface area contributed by atoms with Gasteiger partial charge in [0.1, 0.15) is 0 Å². The Bertz CT molecular complexity index is 1090. The Hall–Kier alpha value is -2.35. The van der Waals surface area contributed by atoms with Crippen LogP contribution < -0.4 is 10.9 Å². The number of rotatable bonds is 10. The second kappa shape index (κ2) is 11.3. The lowest BCUT2D eigenvalue weighted by Crippen LogP contribution is -2.31. The summed E-state index contributed by atoms with van der Waals surface area (Å²) in [7, 11) is 0. The number of benzene rings is 2. The van der Waals surface area contributed by atoms with Gasteiger partial charge in [0.15, 0.2) is 5.16 Å². The molecule has 8 heteroatoms. The van der Waals surface area contributed by atoms with E-state index in [4.69, 9.17) is 16.3 Å². The van der Waals surface area contributed by atoms with E-state index in [0.29, 0.717) is 53.8 Å². The number of carbonyl (C=O) groups excluding carboxylic acids is 1. The number of halogens is 1. The highest BCUT2D eigenvalue weighted by atomic mass is 35.5. The SMILES string of the molecule is CCOCCCn1c(SC(C)C(=O)NCc2ccccc2)nc2cc(Cl)ccc2c1=O. The van der Waals surface area contributed by atoms with Crippen LogP contribution in [0.3, 0.4) is 0 Å². The van der Waals surface area contributed by atoms with Gasteiger partial charge in [-0.1, -0.05) is 53.7 Å². The molecular weight excluding hydrogens is 434 g/mol. The monoisotopic (exact) mass is 459 g/mol. The maximum atomic E-state index is 13.1. The number of amides is 1. The van der Waals surface area contributed by atoms with Crippen molar-refractivity contribution in [2.45, 2.75) is 43.8 Å². The van der Waals surface area contributed by atoms with Gasteiger partial charge in [0.25, 0.3) is 5.56 Å². The number of ether oxygens (including phenoxy) is 1. The van der Waals surface area contributed by atoms with Crippen molar-refractivity contribution >= 4 is 40.2 Å². The van der Waals surface area contributed by atoms with E-state index in [0.717, 1.165) is 5.56 Å². The molecule has 1 aromatic heterocycles. The van der Waals surface area contributed by atoms with Crippen molar-refractivity contribution < 1.29 is 9.53 Å². The first-order valence-electron chi connectivity index (χ1n) is 10.3. The number of hydrogen-bond acceptors (Lipinski definition) is 5. The lowest BCUT2D eigenvalue weighted by atomic mass is 10.2. The van der Waals surface area contributed by atoms with Crippen LogP contribution in [0.15, 0.2) is 58.5 Å². The van der Waals surface area contributed by atoms with Crippen molar-refractivity contribution in [1.82, 2.24) is 14.9 Å². The number of aromatic nitrogens is 2. The molecule has 0 aliphatic heterocycles. The van der Waals surface area contributed by atoms with E-state index in [1.165, 1.54) is 11.8 Å². The minimum atomic E-state index is -0.426. The van der Waals surface area contributed by atoms with E-state index in [9.17, 15) is 9.59 Å². The Morgan fingerprint density at radius 1 is 1.26 bits per heavy atom. The molecule has 0 radical (unpaired) electrons. The van der Waals surface area contributed by atoms with Gasteiger partial charge in [-0.05, 0) is 44.0 Å². The molecule has 6 nitrogen and oxygen atoms in total. The fourth-order valence-corrected chi connectivity index (χ4v) is 4.20. The molecular formula is C23H26ClN3O3S. The third-order valence-corrected chi connectivity index (χ3v) is 6.04. The molecule has 164 valence electrons. The predicted octanol–water partition coefficient (Wildman–Crippen LogP) is 4.27. The van der Waals surface area contributed by atoms with Crippen LogP contribution in [0.1, 0.15) is 25.8 Å². The number of hydrogen-bond donors (Lipinski definition) is 1. The molecule has 0 aliphatic rings. The maximum absolute atomic E-state index is 13.1. The highest BCUT2D eigenvalue weighted by molar-refractivity contribution is 8.00. The summed E-state index contributed by atoms with van der Waals surface area (Å²) in [5.74, 6) is -0.116. The van der Waals surface area contributed by atoms with E-state index in [1.807, 2.05) is 44.2 Å². The Balaban J connectivity index is 1.80. The van der Waals surface area contributed by atoms with E-state index in [1.54, 1.807) is 22.8 Å². The number of nitrogens with one attached hydrogen (secondary N) is 1. The highest BCUT2D eigenvalue weighted by Gasteiger charge is 2.19. The number of fused-ring (bicyclic) bond motifs is 1. The minimum Gasteiger partial charge on any atom is -0.382 e. The molecule has 1 N–H and O–H groups in total. The minimum absolute atomic E-state index is 0.116. The average Bonchev–Trinajstić information content (AvgIpc) is 2.77. The molecule has 1 unspecified atom stereocenters. The fourth-order valence-electron chi connectivity index (χ4n) is 3.07. The molecule has 1 amide bonds.